The maximum absolute atomic E-state index is 13.0. The van der Waals surface area contributed by atoms with Crippen LogP contribution in [0.3, 0.4) is 0 Å². The van der Waals surface area contributed by atoms with Crippen molar-refractivity contribution >= 4 is 11.6 Å². The summed E-state index contributed by atoms with van der Waals surface area (Å²) in [6.45, 7) is 7.34. The van der Waals surface area contributed by atoms with Crippen LogP contribution in [0.15, 0.2) is 24.3 Å². The molecule has 4 rings (SSSR count). The van der Waals surface area contributed by atoms with Crippen molar-refractivity contribution in [2.24, 2.45) is 16.7 Å². The van der Waals surface area contributed by atoms with E-state index in [1.165, 1.54) is 6.42 Å². The highest BCUT2D eigenvalue weighted by atomic mass is 16.5. The number of hydrogen-bond donors (Lipinski definition) is 1. The van der Waals surface area contributed by atoms with Gasteiger partial charge in [-0.1, -0.05) is 32.0 Å². The fourth-order valence-electron chi connectivity index (χ4n) is 5.19. The fourth-order valence-corrected chi connectivity index (χ4v) is 5.19. The van der Waals surface area contributed by atoms with E-state index >= 15 is 0 Å². The molecule has 3 fully saturated rings. The standard InChI is InChI=1S/C18H23NO2/c1-12-6-4-5-7-14(12)19-15(20)18-10-13-8-9-17(18,3)16(13,2)11-21-18/h4-7,13H,8-11H2,1-3H3,(H,19,20)/t13-,16+,17+,18+/m0/s1. The topological polar surface area (TPSA) is 38.3 Å². The van der Waals surface area contributed by atoms with Crippen molar-refractivity contribution < 1.29 is 9.53 Å². The van der Waals surface area contributed by atoms with Crippen LogP contribution in [0.1, 0.15) is 38.7 Å². The minimum absolute atomic E-state index is 0.0164. The third kappa shape index (κ3) is 1.36. The number of hydrogen-bond acceptors (Lipinski definition) is 2. The van der Waals surface area contributed by atoms with Gasteiger partial charge in [-0.15, -0.1) is 0 Å². The van der Waals surface area contributed by atoms with Crippen LogP contribution in [0.25, 0.3) is 0 Å². The lowest BCUT2D eigenvalue weighted by atomic mass is 9.66. The number of amides is 1. The molecule has 1 aliphatic heterocycles. The minimum Gasteiger partial charge on any atom is -0.364 e. The van der Waals surface area contributed by atoms with Crippen LogP contribution in [0.4, 0.5) is 5.69 Å². The highest BCUT2D eigenvalue weighted by Gasteiger charge is 2.78. The summed E-state index contributed by atoms with van der Waals surface area (Å²) in [4.78, 5) is 13.0. The third-order valence-electron chi connectivity index (χ3n) is 6.96. The molecule has 0 radical (unpaired) electrons. The molecule has 0 aromatic heterocycles. The Labute approximate surface area is 126 Å². The number of para-hydroxylation sites is 1. The van der Waals surface area contributed by atoms with E-state index < -0.39 is 5.60 Å². The van der Waals surface area contributed by atoms with Crippen LogP contribution >= 0.6 is 0 Å². The molecule has 2 saturated carbocycles. The molecular weight excluding hydrogens is 262 g/mol. The van der Waals surface area contributed by atoms with E-state index in [2.05, 4.69) is 19.2 Å². The van der Waals surface area contributed by atoms with Gasteiger partial charge in [-0.2, -0.15) is 0 Å². The normalized spacial score (nSPS) is 43.3. The maximum Gasteiger partial charge on any atom is 0.257 e. The second-order valence-corrected chi connectivity index (χ2v) is 7.57. The first-order valence-corrected chi connectivity index (χ1v) is 7.94. The second-order valence-electron chi connectivity index (χ2n) is 7.57. The van der Waals surface area contributed by atoms with Gasteiger partial charge in [-0.05, 0) is 43.7 Å². The van der Waals surface area contributed by atoms with Crippen LogP contribution in [-0.4, -0.2) is 18.1 Å². The van der Waals surface area contributed by atoms with E-state index in [1.54, 1.807) is 0 Å². The van der Waals surface area contributed by atoms with Gasteiger partial charge >= 0.3 is 0 Å². The van der Waals surface area contributed by atoms with Crippen molar-refractivity contribution in [3.05, 3.63) is 29.8 Å². The number of ether oxygens (including phenoxy) is 1. The molecule has 1 N–H and O–H groups in total. The molecule has 4 bridgehead atoms. The molecule has 3 aliphatic rings. The van der Waals surface area contributed by atoms with Crippen LogP contribution in [0.5, 0.6) is 0 Å². The Bertz CT molecular complexity index is 627. The maximum atomic E-state index is 13.0. The van der Waals surface area contributed by atoms with Crippen molar-refractivity contribution in [2.45, 2.75) is 45.6 Å². The zero-order valence-electron chi connectivity index (χ0n) is 13.0. The summed E-state index contributed by atoms with van der Waals surface area (Å²) in [5.41, 5.74) is 1.54. The van der Waals surface area contributed by atoms with Gasteiger partial charge in [-0.3, -0.25) is 4.79 Å². The predicted molar refractivity (Wildman–Crippen MR) is 82.0 cm³/mol. The van der Waals surface area contributed by atoms with Gasteiger partial charge in [-0.25, -0.2) is 0 Å². The van der Waals surface area contributed by atoms with Gasteiger partial charge < -0.3 is 10.1 Å². The summed E-state index contributed by atoms with van der Waals surface area (Å²) >= 11 is 0. The van der Waals surface area contributed by atoms with Crippen LogP contribution in [0.2, 0.25) is 0 Å². The van der Waals surface area contributed by atoms with E-state index in [9.17, 15) is 4.79 Å². The van der Waals surface area contributed by atoms with E-state index in [-0.39, 0.29) is 16.7 Å². The molecule has 3 nitrogen and oxygen atoms in total. The zero-order chi connectivity index (χ0) is 14.9. The molecule has 4 atom stereocenters. The molecule has 21 heavy (non-hydrogen) atoms. The lowest BCUT2D eigenvalue weighted by molar-refractivity contribution is -0.149. The van der Waals surface area contributed by atoms with E-state index in [0.29, 0.717) is 5.92 Å². The quantitative estimate of drug-likeness (QED) is 0.902. The summed E-state index contributed by atoms with van der Waals surface area (Å²) in [6, 6.07) is 7.94. The summed E-state index contributed by atoms with van der Waals surface area (Å²) < 4.78 is 6.14. The molecule has 0 spiro atoms. The number of carbonyl (C=O) groups is 1. The van der Waals surface area contributed by atoms with Crippen molar-refractivity contribution in [1.29, 1.82) is 0 Å². The Balaban J connectivity index is 1.68. The largest absolute Gasteiger partial charge is 0.364 e. The second kappa shape index (κ2) is 3.89. The van der Waals surface area contributed by atoms with Gasteiger partial charge in [0, 0.05) is 16.5 Å². The van der Waals surface area contributed by atoms with E-state index in [1.807, 2.05) is 31.2 Å². The molecule has 3 heteroatoms. The number of benzene rings is 1. The average Bonchev–Trinajstić information content (AvgIpc) is 2.93. The Morgan fingerprint density at radius 3 is 2.76 bits per heavy atom. The molecule has 112 valence electrons. The third-order valence-corrected chi connectivity index (χ3v) is 6.96. The van der Waals surface area contributed by atoms with Crippen molar-refractivity contribution in [2.75, 3.05) is 11.9 Å². The molecule has 1 saturated heterocycles. The SMILES string of the molecule is Cc1ccccc1NC(=O)[C@]12C[C@@H]3CC[C@]1(C)[C@]3(C)CO2. The van der Waals surface area contributed by atoms with E-state index in [4.69, 9.17) is 4.74 Å². The smallest absolute Gasteiger partial charge is 0.257 e. The highest BCUT2D eigenvalue weighted by Crippen LogP contribution is 2.75. The van der Waals surface area contributed by atoms with Crippen molar-refractivity contribution in [3.63, 3.8) is 0 Å². The molecule has 1 aromatic rings. The molecule has 2 aliphatic carbocycles. The van der Waals surface area contributed by atoms with Gasteiger partial charge in [0.1, 0.15) is 0 Å². The molecular formula is C18H23NO2. The van der Waals surface area contributed by atoms with Gasteiger partial charge in [0.15, 0.2) is 5.60 Å². The van der Waals surface area contributed by atoms with Crippen molar-refractivity contribution in [3.8, 4) is 0 Å². The number of nitrogens with one attached hydrogen (secondary N) is 1. The molecule has 1 amide bonds. The molecule has 0 unspecified atom stereocenters. The number of carbonyl (C=O) groups excluding carboxylic acids is 1. The van der Waals surface area contributed by atoms with E-state index in [0.717, 1.165) is 30.7 Å². The van der Waals surface area contributed by atoms with Crippen molar-refractivity contribution in [1.82, 2.24) is 0 Å². The first-order chi connectivity index (χ1) is 9.93. The summed E-state index contributed by atoms with van der Waals surface area (Å²) in [5, 5.41) is 3.13. The molecule has 1 heterocycles. The fraction of sp³-hybridized carbons (Fsp3) is 0.611. The number of rotatable bonds is 2. The van der Waals surface area contributed by atoms with Crippen LogP contribution < -0.4 is 5.32 Å². The Kier molecular flexibility index (Phi) is 2.47. The Hall–Kier alpha value is -1.35. The first kappa shape index (κ1) is 13.3. The highest BCUT2D eigenvalue weighted by molar-refractivity contribution is 5.99. The zero-order valence-corrected chi connectivity index (χ0v) is 13.0. The predicted octanol–water partition coefficient (Wildman–Crippen LogP) is 3.53. The first-order valence-electron chi connectivity index (χ1n) is 7.94. The lowest BCUT2D eigenvalue weighted by Gasteiger charge is -2.40. The number of aryl methyl sites for hydroxylation is 1. The number of anilines is 1. The minimum atomic E-state index is -0.618. The Morgan fingerprint density at radius 2 is 2.10 bits per heavy atom. The lowest BCUT2D eigenvalue weighted by Crippen LogP contribution is -2.52. The average molecular weight is 285 g/mol. The van der Waals surface area contributed by atoms with Gasteiger partial charge in [0.25, 0.3) is 5.91 Å². The van der Waals surface area contributed by atoms with Gasteiger partial charge in [0.2, 0.25) is 0 Å². The van der Waals surface area contributed by atoms with Crippen LogP contribution in [0, 0.1) is 23.7 Å². The van der Waals surface area contributed by atoms with Crippen LogP contribution in [-0.2, 0) is 9.53 Å². The monoisotopic (exact) mass is 285 g/mol. The molecule has 1 aromatic carbocycles. The summed E-state index contributed by atoms with van der Waals surface area (Å²) in [7, 11) is 0. The Morgan fingerprint density at radius 1 is 1.33 bits per heavy atom. The summed E-state index contributed by atoms with van der Waals surface area (Å²) in [5.74, 6) is 0.698. The summed E-state index contributed by atoms with van der Waals surface area (Å²) in [6.07, 6.45) is 3.24. The van der Waals surface area contributed by atoms with Gasteiger partial charge in [0.05, 0.1) is 6.61 Å².